The number of fused-ring (bicyclic) bond motifs is 1. The number of amides is 1. The highest BCUT2D eigenvalue weighted by atomic mass is 35.5. The molecule has 4 rings (SSSR count). The number of halogens is 1. The summed E-state index contributed by atoms with van der Waals surface area (Å²) in [6.45, 7) is 1.91. The van der Waals surface area contributed by atoms with Crippen LogP contribution in [0.1, 0.15) is 11.4 Å². The van der Waals surface area contributed by atoms with Gasteiger partial charge in [-0.25, -0.2) is 4.98 Å². The molecule has 2 heterocycles. The van der Waals surface area contributed by atoms with E-state index < -0.39 is 0 Å². The van der Waals surface area contributed by atoms with Gasteiger partial charge in [-0.1, -0.05) is 23.7 Å². The molecule has 0 radical (unpaired) electrons. The first-order chi connectivity index (χ1) is 10.2. The Kier molecular flexibility index (Phi) is 3.23. The lowest BCUT2D eigenvalue weighted by Crippen LogP contribution is -2.31. The monoisotopic (exact) mass is 318 g/mol. The van der Waals surface area contributed by atoms with E-state index in [0.29, 0.717) is 6.42 Å². The molecule has 1 aliphatic heterocycles. The van der Waals surface area contributed by atoms with Gasteiger partial charge in [0.05, 0.1) is 12.1 Å². The summed E-state index contributed by atoms with van der Waals surface area (Å²) in [6, 6.07) is 7.63. The number of piperidine rings is 1. The quantitative estimate of drug-likeness (QED) is 0.868. The van der Waals surface area contributed by atoms with Crippen LogP contribution in [0.3, 0.4) is 0 Å². The third-order valence-corrected chi connectivity index (χ3v) is 5.43. The second kappa shape index (κ2) is 5.11. The van der Waals surface area contributed by atoms with Crippen molar-refractivity contribution in [2.24, 2.45) is 11.8 Å². The molecule has 2 fully saturated rings. The number of carbonyl (C=O) groups excluding carboxylic acids is 1. The third kappa shape index (κ3) is 2.70. The van der Waals surface area contributed by atoms with Crippen molar-refractivity contribution < 1.29 is 4.79 Å². The first-order valence-electron chi connectivity index (χ1n) is 7.17. The molecule has 0 bridgehead atoms. The summed E-state index contributed by atoms with van der Waals surface area (Å²) in [5.41, 5.74) is 1.96. The van der Waals surface area contributed by atoms with Gasteiger partial charge >= 0.3 is 0 Å². The van der Waals surface area contributed by atoms with Gasteiger partial charge < -0.3 is 4.90 Å². The molecular formula is C16H15ClN2OS. The van der Waals surface area contributed by atoms with E-state index >= 15 is 0 Å². The van der Waals surface area contributed by atoms with Gasteiger partial charge in [-0.15, -0.1) is 11.3 Å². The highest BCUT2D eigenvalue weighted by molar-refractivity contribution is 7.10. The van der Waals surface area contributed by atoms with Gasteiger partial charge in [-0.3, -0.25) is 4.79 Å². The number of rotatable bonds is 3. The lowest BCUT2D eigenvalue weighted by Gasteiger charge is -2.16. The summed E-state index contributed by atoms with van der Waals surface area (Å²) in [5, 5.41) is 3.62. The summed E-state index contributed by atoms with van der Waals surface area (Å²) in [5.74, 6) is 1.80. The summed E-state index contributed by atoms with van der Waals surface area (Å²) < 4.78 is 0. The molecule has 1 saturated heterocycles. The number of aromatic nitrogens is 1. The van der Waals surface area contributed by atoms with Gasteiger partial charge in [-0.2, -0.15) is 0 Å². The van der Waals surface area contributed by atoms with E-state index in [1.807, 2.05) is 34.5 Å². The lowest BCUT2D eigenvalue weighted by atomic mass is 10.2. The van der Waals surface area contributed by atoms with Gasteiger partial charge in [0.1, 0.15) is 5.01 Å². The fraction of sp³-hybridized carbons (Fsp3) is 0.375. The number of benzene rings is 1. The van der Waals surface area contributed by atoms with Crippen molar-refractivity contribution in [2.75, 3.05) is 13.1 Å². The van der Waals surface area contributed by atoms with Crippen LogP contribution >= 0.6 is 22.9 Å². The maximum Gasteiger partial charge on any atom is 0.229 e. The summed E-state index contributed by atoms with van der Waals surface area (Å²) in [4.78, 5) is 18.8. The molecule has 0 N–H and O–H groups in total. The summed E-state index contributed by atoms with van der Waals surface area (Å²) in [6.07, 6.45) is 1.75. The van der Waals surface area contributed by atoms with Crippen LogP contribution in [-0.2, 0) is 11.2 Å². The highest BCUT2D eigenvalue weighted by Gasteiger charge is 2.46. The molecule has 1 aromatic heterocycles. The third-order valence-electron chi connectivity index (χ3n) is 4.33. The van der Waals surface area contributed by atoms with Crippen molar-refractivity contribution in [2.45, 2.75) is 12.8 Å². The van der Waals surface area contributed by atoms with Crippen molar-refractivity contribution in [3.05, 3.63) is 39.7 Å². The number of carbonyl (C=O) groups is 1. The number of hydrogen-bond acceptors (Lipinski definition) is 3. The molecule has 1 aromatic carbocycles. The zero-order valence-corrected chi connectivity index (χ0v) is 13.0. The smallest absolute Gasteiger partial charge is 0.229 e. The molecule has 5 heteroatoms. The van der Waals surface area contributed by atoms with Crippen LogP contribution in [0.4, 0.5) is 0 Å². The van der Waals surface area contributed by atoms with E-state index in [-0.39, 0.29) is 5.91 Å². The molecule has 1 aliphatic carbocycles. The van der Waals surface area contributed by atoms with Crippen molar-refractivity contribution in [3.8, 4) is 11.3 Å². The molecule has 21 heavy (non-hydrogen) atoms. The lowest BCUT2D eigenvalue weighted by molar-refractivity contribution is -0.129. The fourth-order valence-corrected chi connectivity index (χ4v) is 3.91. The minimum atomic E-state index is 0.221. The van der Waals surface area contributed by atoms with Gasteiger partial charge in [0.15, 0.2) is 0 Å². The Morgan fingerprint density at radius 1 is 1.29 bits per heavy atom. The molecule has 1 saturated carbocycles. The maximum atomic E-state index is 12.2. The van der Waals surface area contributed by atoms with Crippen LogP contribution in [0.15, 0.2) is 29.6 Å². The van der Waals surface area contributed by atoms with Gasteiger partial charge in [-0.05, 0) is 30.4 Å². The standard InChI is InChI=1S/C16H15ClN2OS/c17-13-3-1-10(2-4-13)14-9-21-15(18-14)6-16(20)19-7-11-5-12(11)8-19/h1-4,9,11-12H,5-8H2. The SMILES string of the molecule is O=C(Cc1nc(-c2ccc(Cl)cc2)cs1)N1CC2CC2C1. The van der Waals surface area contributed by atoms with Crippen LogP contribution in [-0.4, -0.2) is 28.9 Å². The van der Waals surface area contributed by atoms with E-state index in [1.165, 1.54) is 6.42 Å². The number of nitrogens with zero attached hydrogens (tertiary/aromatic N) is 2. The van der Waals surface area contributed by atoms with Crippen LogP contribution < -0.4 is 0 Å². The second-order valence-corrected chi connectivity index (χ2v) is 7.24. The Morgan fingerprint density at radius 2 is 2.00 bits per heavy atom. The summed E-state index contributed by atoms with van der Waals surface area (Å²) in [7, 11) is 0. The second-order valence-electron chi connectivity index (χ2n) is 5.86. The first kappa shape index (κ1) is 13.3. The van der Waals surface area contributed by atoms with E-state index in [9.17, 15) is 4.79 Å². The van der Waals surface area contributed by atoms with Gasteiger partial charge in [0, 0.05) is 29.1 Å². The number of hydrogen-bond donors (Lipinski definition) is 0. The molecule has 1 amide bonds. The van der Waals surface area contributed by atoms with Gasteiger partial charge in [0.2, 0.25) is 5.91 Å². The molecule has 2 unspecified atom stereocenters. The highest BCUT2D eigenvalue weighted by Crippen LogP contribution is 2.45. The Labute approximate surface area is 132 Å². The Morgan fingerprint density at radius 3 is 2.71 bits per heavy atom. The maximum absolute atomic E-state index is 12.2. The predicted molar refractivity (Wildman–Crippen MR) is 84.4 cm³/mol. The predicted octanol–water partition coefficient (Wildman–Crippen LogP) is 3.48. The van der Waals surface area contributed by atoms with Crippen molar-refractivity contribution in [3.63, 3.8) is 0 Å². The van der Waals surface area contributed by atoms with Crippen LogP contribution in [0.2, 0.25) is 5.02 Å². The van der Waals surface area contributed by atoms with E-state index in [1.54, 1.807) is 11.3 Å². The van der Waals surface area contributed by atoms with Crippen molar-refractivity contribution in [1.82, 2.24) is 9.88 Å². The average molecular weight is 319 g/mol. The molecule has 2 atom stereocenters. The normalized spacial score (nSPS) is 23.2. The summed E-state index contributed by atoms with van der Waals surface area (Å²) >= 11 is 7.45. The number of thiazole rings is 1. The average Bonchev–Trinajstić information content (AvgIpc) is 2.89. The molecular weight excluding hydrogens is 304 g/mol. The Balaban J connectivity index is 1.44. The number of likely N-dealkylation sites (tertiary alicyclic amines) is 1. The van der Waals surface area contributed by atoms with Gasteiger partial charge in [0.25, 0.3) is 0 Å². The first-order valence-corrected chi connectivity index (χ1v) is 8.43. The Bertz CT molecular complexity index is 672. The van der Waals surface area contributed by atoms with Crippen molar-refractivity contribution in [1.29, 1.82) is 0 Å². The Hall–Kier alpha value is -1.39. The van der Waals surface area contributed by atoms with Crippen LogP contribution in [0, 0.1) is 11.8 Å². The van der Waals surface area contributed by atoms with Crippen LogP contribution in [0.5, 0.6) is 0 Å². The molecule has 2 aromatic rings. The zero-order chi connectivity index (χ0) is 14.4. The molecule has 3 nitrogen and oxygen atoms in total. The van der Waals surface area contributed by atoms with E-state index in [2.05, 4.69) is 4.98 Å². The molecule has 2 aliphatic rings. The van der Waals surface area contributed by atoms with E-state index in [4.69, 9.17) is 11.6 Å². The minimum Gasteiger partial charge on any atom is -0.342 e. The largest absolute Gasteiger partial charge is 0.342 e. The van der Waals surface area contributed by atoms with Crippen LogP contribution in [0.25, 0.3) is 11.3 Å². The van der Waals surface area contributed by atoms with E-state index in [0.717, 1.165) is 46.2 Å². The molecule has 108 valence electrons. The fourth-order valence-electron chi connectivity index (χ4n) is 2.99. The topological polar surface area (TPSA) is 33.2 Å². The minimum absolute atomic E-state index is 0.221. The zero-order valence-electron chi connectivity index (χ0n) is 11.5. The molecule has 0 spiro atoms. The van der Waals surface area contributed by atoms with Crippen molar-refractivity contribution >= 4 is 28.8 Å².